The average Bonchev–Trinajstić information content (AvgIpc) is 2.88. The molecule has 0 heterocycles. The van der Waals surface area contributed by atoms with Gasteiger partial charge in [-0.05, 0) is 26.7 Å². The van der Waals surface area contributed by atoms with Crippen molar-refractivity contribution in [3.8, 4) is 0 Å². The van der Waals surface area contributed by atoms with Crippen LogP contribution in [0.5, 0.6) is 0 Å². The van der Waals surface area contributed by atoms with Crippen LogP contribution in [-0.2, 0) is 9.59 Å². The lowest BCUT2D eigenvalue weighted by molar-refractivity contribution is -0.134. The minimum absolute atomic E-state index is 0.0187. The van der Waals surface area contributed by atoms with E-state index < -0.39 is 5.41 Å². The van der Waals surface area contributed by atoms with E-state index in [-0.39, 0.29) is 23.3 Å². The van der Waals surface area contributed by atoms with Crippen LogP contribution in [0, 0.1) is 5.41 Å². The molecule has 0 aromatic carbocycles. The van der Waals surface area contributed by atoms with Crippen molar-refractivity contribution in [3.05, 3.63) is 0 Å². The highest BCUT2D eigenvalue weighted by Crippen LogP contribution is 2.38. The van der Waals surface area contributed by atoms with E-state index in [1.807, 2.05) is 13.8 Å². The van der Waals surface area contributed by atoms with Crippen LogP contribution in [0.25, 0.3) is 0 Å². The zero-order valence-electron chi connectivity index (χ0n) is 11.7. The van der Waals surface area contributed by atoms with E-state index in [1.165, 1.54) is 0 Å². The van der Waals surface area contributed by atoms with Crippen molar-refractivity contribution in [2.24, 2.45) is 11.1 Å². The quantitative estimate of drug-likeness (QED) is 0.708. The van der Waals surface area contributed by atoms with E-state index in [0.29, 0.717) is 25.9 Å². The summed E-state index contributed by atoms with van der Waals surface area (Å²) in [6.07, 6.45) is 3.28. The summed E-state index contributed by atoms with van der Waals surface area (Å²) in [4.78, 5) is 26.0. The molecule has 0 aromatic rings. The lowest BCUT2D eigenvalue weighted by Gasteiger charge is -2.27. The topological polar surface area (TPSA) is 75.4 Å². The Morgan fingerprint density at radius 3 is 2.21 bits per heavy atom. The first-order valence-corrected chi connectivity index (χ1v) is 7.24. The number of nitrogens with two attached hydrogens (primary N) is 1. The number of thiocarbonyl (C=S) groups is 1. The molecule has 108 valence electrons. The van der Waals surface area contributed by atoms with Crippen molar-refractivity contribution in [3.63, 3.8) is 0 Å². The number of rotatable bonds is 6. The van der Waals surface area contributed by atoms with Crippen molar-refractivity contribution in [2.75, 3.05) is 19.6 Å². The van der Waals surface area contributed by atoms with Gasteiger partial charge in [0.25, 0.3) is 0 Å². The van der Waals surface area contributed by atoms with E-state index in [1.54, 1.807) is 4.90 Å². The van der Waals surface area contributed by atoms with E-state index in [4.69, 9.17) is 18.0 Å². The molecule has 0 radical (unpaired) electrons. The van der Waals surface area contributed by atoms with Gasteiger partial charge in [-0.1, -0.05) is 25.1 Å². The second-order valence-corrected chi connectivity index (χ2v) is 5.34. The fourth-order valence-corrected chi connectivity index (χ4v) is 2.87. The summed E-state index contributed by atoms with van der Waals surface area (Å²) in [7, 11) is 0. The van der Waals surface area contributed by atoms with Gasteiger partial charge in [-0.3, -0.25) is 9.59 Å². The first-order chi connectivity index (χ1) is 8.97. The number of carbonyl (C=O) groups excluding carboxylic acids is 2. The zero-order valence-corrected chi connectivity index (χ0v) is 12.5. The summed E-state index contributed by atoms with van der Waals surface area (Å²) >= 11 is 5.04. The van der Waals surface area contributed by atoms with Gasteiger partial charge in [-0.25, -0.2) is 0 Å². The van der Waals surface area contributed by atoms with Gasteiger partial charge in [0, 0.05) is 13.1 Å². The Kier molecular flexibility index (Phi) is 5.72. The Morgan fingerprint density at radius 2 is 1.79 bits per heavy atom. The normalized spacial score (nSPS) is 16.9. The van der Waals surface area contributed by atoms with E-state index in [0.717, 1.165) is 12.8 Å². The Hall–Kier alpha value is -1.17. The van der Waals surface area contributed by atoms with Crippen molar-refractivity contribution in [2.45, 2.75) is 39.5 Å². The molecule has 6 heteroatoms. The number of nitrogens with one attached hydrogen (secondary N) is 1. The van der Waals surface area contributed by atoms with Gasteiger partial charge in [0.15, 0.2) is 0 Å². The van der Waals surface area contributed by atoms with Gasteiger partial charge >= 0.3 is 0 Å². The molecule has 0 spiro atoms. The number of carbonyl (C=O) groups is 2. The zero-order chi connectivity index (χ0) is 14.5. The predicted molar refractivity (Wildman–Crippen MR) is 78.6 cm³/mol. The minimum atomic E-state index is -0.737. The van der Waals surface area contributed by atoms with Gasteiger partial charge < -0.3 is 16.0 Å². The molecule has 0 atom stereocenters. The van der Waals surface area contributed by atoms with Crippen LogP contribution in [0.3, 0.4) is 0 Å². The molecule has 0 aromatic heterocycles. The third kappa shape index (κ3) is 3.43. The maximum atomic E-state index is 12.3. The highest BCUT2D eigenvalue weighted by Gasteiger charge is 2.43. The lowest BCUT2D eigenvalue weighted by atomic mass is 9.85. The van der Waals surface area contributed by atoms with Crippen LogP contribution in [-0.4, -0.2) is 41.3 Å². The first kappa shape index (κ1) is 15.9. The van der Waals surface area contributed by atoms with Crippen LogP contribution in [0.2, 0.25) is 0 Å². The van der Waals surface area contributed by atoms with Gasteiger partial charge in [0.1, 0.15) is 0 Å². The van der Waals surface area contributed by atoms with Crippen LogP contribution < -0.4 is 11.1 Å². The van der Waals surface area contributed by atoms with Gasteiger partial charge in [-0.2, -0.15) is 0 Å². The number of hydrogen-bond donors (Lipinski definition) is 2. The molecule has 1 aliphatic rings. The molecule has 1 saturated carbocycles. The molecule has 3 N–H and O–H groups in total. The van der Waals surface area contributed by atoms with E-state index in [2.05, 4.69) is 5.32 Å². The summed E-state index contributed by atoms with van der Waals surface area (Å²) in [6.45, 7) is 5.13. The lowest BCUT2D eigenvalue weighted by Crippen LogP contribution is -2.50. The maximum Gasteiger partial charge on any atom is 0.241 e. The Labute approximate surface area is 119 Å². The molecule has 0 unspecified atom stereocenters. The molecule has 1 aliphatic carbocycles. The van der Waals surface area contributed by atoms with Crippen LogP contribution >= 0.6 is 12.2 Å². The number of likely N-dealkylation sites (N-methyl/N-ethyl adjacent to an activating group) is 1. The molecule has 0 saturated heterocycles. The summed E-state index contributed by atoms with van der Waals surface area (Å²) < 4.78 is 0. The van der Waals surface area contributed by atoms with Crippen molar-refractivity contribution < 1.29 is 9.59 Å². The summed E-state index contributed by atoms with van der Waals surface area (Å²) in [6, 6.07) is 0. The summed E-state index contributed by atoms with van der Waals surface area (Å²) in [5.41, 5.74) is 4.99. The second-order valence-electron chi connectivity index (χ2n) is 4.90. The maximum absolute atomic E-state index is 12.3. The third-order valence-corrected chi connectivity index (χ3v) is 4.27. The summed E-state index contributed by atoms with van der Waals surface area (Å²) in [5, 5.41) is 2.70. The van der Waals surface area contributed by atoms with Gasteiger partial charge in [0.2, 0.25) is 11.8 Å². The largest absolute Gasteiger partial charge is 0.392 e. The molecular weight excluding hydrogens is 262 g/mol. The first-order valence-electron chi connectivity index (χ1n) is 6.84. The molecule has 0 bridgehead atoms. The van der Waals surface area contributed by atoms with E-state index in [9.17, 15) is 9.59 Å². The predicted octanol–water partition coefficient (Wildman–Crippen LogP) is 0.817. The Bertz CT molecular complexity index is 361. The molecule has 0 aliphatic heterocycles. The van der Waals surface area contributed by atoms with E-state index >= 15 is 0 Å². The Morgan fingerprint density at radius 1 is 1.26 bits per heavy atom. The van der Waals surface area contributed by atoms with Crippen LogP contribution in [0.15, 0.2) is 0 Å². The Balaban J connectivity index is 2.59. The number of hydrogen-bond acceptors (Lipinski definition) is 3. The number of amides is 2. The van der Waals surface area contributed by atoms with Crippen LogP contribution in [0.1, 0.15) is 39.5 Å². The van der Waals surface area contributed by atoms with Crippen molar-refractivity contribution in [1.29, 1.82) is 0 Å². The summed E-state index contributed by atoms with van der Waals surface area (Å²) in [5.74, 6) is -0.271. The standard InChI is InChI=1S/C13H23N3O2S/c1-3-16(4-2)10(17)9-15-12(18)13(11(14)19)7-5-6-8-13/h3-9H2,1-2H3,(H2,14,19)(H,15,18). The van der Waals surface area contributed by atoms with Gasteiger partial charge in [-0.15, -0.1) is 0 Å². The molecule has 5 nitrogen and oxygen atoms in total. The number of nitrogens with zero attached hydrogens (tertiary/aromatic N) is 1. The monoisotopic (exact) mass is 285 g/mol. The highest BCUT2D eigenvalue weighted by molar-refractivity contribution is 7.80. The van der Waals surface area contributed by atoms with Gasteiger partial charge in [0.05, 0.1) is 16.9 Å². The minimum Gasteiger partial charge on any atom is -0.392 e. The third-order valence-electron chi connectivity index (χ3n) is 3.88. The molecule has 1 fully saturated rings. The smallest absolute Gasteiger partial charge is 0.241 e. The van der Waals surface area contributed by atoms with Crippen molar-refractivity contribution >= 4 is 29.0 Å². The molecule has 19 heavy (non-hydrogen) atoms. The fourth-order valence-electron chi connectivity index (χ4n) is 2.58. The second kappa shape index (κ2) is 6.84. The average molecular weight is 285 g/mol. The highest BCUT2D eigenvalue weighted by atomic mass is 32.1. The SMILES string of the molecule is CCN(CC)C(=O)CNC(=O)C1(C(N)=S)CCCC1. The molecular formula is C13H23N3O2S. The fraction of sp³-hybridized carbons (Fsp3) is 0.769. The molecule has 2 amide bonds. The van der Waals surface area contributed by atoms with Crippen LogP contribution in [0.4, 0.5) is 0 Å². The van der Waals surface area contributed by atoms with Crippen molar-refractivity contribution in [1.82, 2.24) is 10.2 Å². The molecule has 1 rings (SSSR count).